The highest BCUT2D eigenvalue weighted by atomic mass is 127. The van der Waals surface area contributed by atoms with Gasteiger partial charge in [-0.25, -0.2) is 0 Å². The van der Waals surface area contributed by atoms with E-state index in [4.69, 9.17) is 4.74 Å². The predicted octanol–water partition coefficient (Wildman–Crippen LogP) is 5.21. The van der Waals surface area contributed by atoms with Crippen molar-refractivity contribution in [2.45, 2.75) is 9.79 Å². The minimum atomic E-state index is 0.922. The predicted molar refractivity (Wildman–Crippen MR) is 84.0 cm³/mol. The Labute approximate surface area is 127 Å². The summed E-state index contributed by atoms with van der Waals surface area (Å²) < 4.78 is 7.48. The van der Waals surface area contributed by atoms with Crippen LogP contribution in [0.2, 0.25) is 0 Å². The quantitative estimate of drug-likeness (QED) is 0.630. The Morgan fingerprint density at radius 2 is 1.71 bits per heavy atom. The maximum atomic E-state index is 5.24. The van der Waals surface area contributed by atoms with Gasteiger partial charge in [-0.2, -0.15) is 0 Å². The van der Waals surface area contributed by atoms with Crippen LogP contribution in [0.5, 0.6) is 5.75 Å². The molecule has 0 saturated carbocycles. The van der Waals surface area contributed by atoms with Crippen LogP contribution >= 0.6 is 50.3 Å². The number of hydrogen-bond acceptors (Lipinski definition) is 2. The van der Waals surface area contributed by atoms with Gasteiger partial charge in [-0.1, -0.05) is 27.7 Å². The molecule has 0 amide bonds. The SMILES string of the molecule is COc1ccc(Sc2ccc(Br)cc2)cc1I. The molecule has 0 fully saturated rings. The van der Waals surface area contributed by atoms with Crippen LogP contribution in [-0.4, -0.2) is 7.11 Å². The molecule has 0 bridgehead atoms. The van der Waals surface area contributed by atoms with Gasteiger partial charge in [-0.15, -0.1) is 0 Å². The summed E-state index contributed by atoms with van der Waals surface area (Å²) in [6.45, 7) is 0. The Morgan fingerprint density at radius 1 is 1.06 bits per heavy atom. The third-order valence-corrected chi connectivity index (χ3v) is 4.54. The minimum absolute atomic E-state index is 0.922. The van der Waals surface area contributed by atoms with E-state index < -0.39 is 0 Å². The van der Waals surface area contributed by atoms with Crippen molar-refractivity contribution in [1.29, 1.82) is 0 Å². The molecule has 1 nitrogen and oxygen atoms in total. The Morgan fingerprint density at radius 3 is 2.29 bits per heavy atom. The topological polar surface area (TPSA) is 9.23 Å². The third-order valence-electron chi connectivity index (χ3n) is 2.17. The van der Waals surface area contributed by atoms with Crippen molar-refractivity contribution < 1.29 is 4.74 Å². The number of hydrogen-bond donors (Lipinski definition) is 0. The average molecular weight is 421 g/mol. The van der Waals surface area contributed by atoms with Gasteiger partial charge in [0.2, 0.25) is 0 Å². The summed E-state index contributed by atoms with van der Waals surface area (Å²) in [7, 11) is 1.69. The van der Waals surface area contributed by atoms with Gasteiger partial charge in [-0.05, 0) is 65.1 Å². The van der Waals surface area contributed by atoms with E-state index >= 15 is 0 Å². The summed E-state index contributed by atoms with van der Waals surface area (Å²) in [5, 5.41) is 0. The van der Waals surface area contributed by atoms with Crippen LogP contribution in [-0.2, 0) is 0 Å². The fraction of sp³-hybridized carbons (Fsp3) is 0.0769. The number of benzene rings is 2. The fourth-order valence-electron chi connectivity index (χ4n) is 1.35. The van der Waals surface area contributed by atoms with Crippen molar-refractivity contribution in [1.82, 2.24) is 0 Å². The van der Waals surface area contributed by atoms with Crippen molar-refractivity contribution in [2.24, 2.45) is 0 Å². The van der Waals surface area contributed by atoms with Crippen LogP contribution < -0.4 is 4.74 Å². The zero-order chi connectivity index (χ0) is 12.3. The molecule has 0 spiro atoms. The molecule has 0 heterocycles. The van der Waals surface area contributed by atoms with Gasteiger partial charge in [0.05, 0.1) is 10.7 Å². The van der Waals surface area contributed by atoms with Gasteiger partial charge >= 0.3 is 0 Å². The molecule has 0 N–H and O–H groups in total. The van der Waals surface area contributed by atoms with E-state index in [0.29, 0.717) is 0 Å². The lowest BCUT2D eigenvalue weighted by Gasteiger charge is -2.06. The molecule has 0 aliphatic heterocycles. The standard InChI is InChI=1S/C13H10BrIOS/c1-16-13-7-6-11(8-12(13)15)17-10-4-2-9(14)3-5-10/h2-8H,1H3. The van der Waals surface area contributed by atoms with Crippen LogP contribution in [0.4, 0.5) is 0 Å². The second-order valence-electron chi connectivity index (χ2n) is 3.35. The summed E-state index contributed by atoms with van der Waals surface area (Å²) in [6, 6.07) is 14.5. The van der Waals surface area contributed by atoms with Crippen LogP contribution in [0.25, 0.3) is 0 Å². The number of rotatable bonds is 3. The van der Waals surface area contributed by atoms with Crippen molar-refractivity contribution in [3.05, 3.63) is 50.5 Å². The van der Waals surface area contributed by atoms with Crippen molar-refractivity contribution in [3.8, 4) is 5.75 Å². The smallest absolute Gasteiger partial charge is 0.132 e. The highest BCUT2D eigenvalue weighted by Gasteiger charge is 2.02. The minimum Gasteiger partial charge on any atom is -0.496 e. The van der Waals surface area contributed by atoms with Gasteiger partial charge in [0, 0.05) is 14.3 Å². The van der Waals surface area contributed by atoms with Crippen molar-refractivity contribution in [3.63, 3.8) is 0 Å². The Balaban J connectivity index is 2.19. The van der Waals surface area contributed by atoms with E-state index in [0.717, 1.165) is 13.8 Å². The second-order valence-corrected chi connectivity index (χ2v) is 6.58. The van der Waals surface area contributed by atoms with Crippen LogP contribution in [0.1, 0.15) is 0 Å². The summed E-state index contributed by atoms with van der Waals surface area (Å²) >= 11 is 7.47. The summed E-state index contributed by atoms with van der Waals surface area (Å²) in [4.78, 5) is 2.45. The van der Waals surface area contributed by atoms with Gasteiger partial charge in [0.15, 0.2) is 0 Å². The van der Waals surface area contributed by atoms with E-state index in [1.165, 1.54) is 9.79 Å². The molecule has 2 aromatic carbocycles. The molecule has 0 aromatic heterocycles. The number of methoxy groups -OCH3 is 1. The Kier molecular flexibility index (Phi) is 4.76. The molecule has 4 heteroatoms. The van der Waals surface area contributed by atoms with E-state index in [1.54, 1.807) is 18.9 Å². The van der Waals surface area contributed by atoms with Crippen LogP contribution in [0, 0.1) is 3.57 Å². The molecule has 2 aromatic rings. The lowest BCUT2D eigenvalue weighted by atomic mass is 10.3. The first kappa shape index (κ1) is 13.2. The number of ether oxygens (including phenoxy) is 1. The molecule has 0 aliphatic rings. The molecule has 17 heavy (non-hydrogen) atoms. The molecule has 0 radical (unpaired) electrons. The molecule has 2 rings (SSSR count). The summed E-state index contributed by atoms with van der Waals surface area (Å²) in [6.07, 6.45) is 0. The Hall–Kier alpha value is -0.200. The summed E-state index contributed by atoms with van der Waals surface area (Å²) in [5.41, 5.74) is 0. The fourth-order valence-corrected chi connectivity index (χ4v) is 3.42. The largest absolute Gasteiger partial charge is 0.496 e. The van der Waals surface area contributed by atoms with Gasteiger partial charge < -0.3 is 4.74 Å². The maximum absolute atomic E-state index is 5.24. The average Bonchev–Trinajstić information content (AvgIpc) is 2.32. The van der Waals surface area contributed by atoms with Crippen LogP contribution in [0.3, 0.4) is 0 Å². The van der Waals surface area contributed by atoms with Crippen LogP contribution in [0.15, 0.2) is 56.7 Å². The van der Waals surface area contributed by atoms with Crippen molar-refractivity contribution in [2.75, 3.05) is 7.11 Å². The first-order valence-corrected chi connectivity index (χ1v) is 7.65. The molecule has 0 saturated heterocycles. The second kappa shape index (κ2) is 6.11. The van der Waals surface area contributed by atoms with E-state index in [2.05, 4.69) is 74.9 Å². The molecule has 0 aliphatic carbocycles. The first-order valence-electron chi connectivity index (χ1n) is 4.96. The highest BCUT2D eigenvalue weighted by molar-refractivity contribution is 14.1. The molecular formula is C13H10BrIOS. The highest BCUT2D eigenvalue weighted by Crippen LogP contribution is 2.32. The van der Waals surface area contributed by atoms with Gasteiger partial charge in [-0.3, -0.25) is 0 Å². The van der Waals surface area contributed by atoms with Gasteiger partial charge in [0.1, 0.15) is 5.75 Å². The Bertz CT molecular complexity index is 513. The third kappa shape index (κ3) is 3.63. The first-order chi connectivity index (χ1) is 8.19. The van der Waals surface area contributed by atoms with E-state index in [-0.39, 0.29) is 0 Å². The number of halogens is 2. The molecular weight excluding hydrogens is 411 g/mol. The maximum Gasteiger partial charge on any atom is 0.132 e. The van der Waals surface area contributed by atoms with Gasteiger partial charge in [0.25, 0.3) is 0 Å². The molecule has 88 valence electrons. The molecule has 0 atom stereocenters. The summed E-state index contributed by atoms with van der Waals surface area (Å²) in [5.74, 6) is 0.922. The zero-order valence-electron chi connectivity index (χ0n) is 9.11. The molecule has 0 unspecified atom stereocenters. The lowest BCUT2D eigenvalue weighted by Crippen LogP contribution is -1.86. The van der Waals surface area contributed by atoms with Crippen molar-refractivity contribution >= 4 is 50.3 Å². The normalized spacial score (nSPS) is 10.3. The van der Waals surface area contributed by atoms with E-state index in [1.807, 2.05) is 6.07 Å². The lowest BCUT2D eigenvalue weighted by molar-refractivity contribution is 0.411. The van der Waals surface area contributed by atoms with E-state index in [9.17, 15) is 0 Å². The zero-order valence-corrected chi connectivity index (χ0v) is 13.7. The monoisotopic (exact) mass is 420 g/mol.